The van der Waals surface area contributed by atoms with Gasteiger partial charge >= 0.3 is 5.97 Å². The van der Waals surface area contributed by atoms with Crippen molar-refractivity contribution in [2.45, 2.75) is 222 Å². The van der Waals surface area contributed by atoms with E-state index in [4.69, 9.17) is 37.9 Å². The summed E-state index contributed by atoms with van der Waals surface area (Å²) in [6.45, 7) is 9.34. The summed E-state index contributed by atoms with van der Waals surface area (Å²) in [4.78, 5) is 27.1. The summed E-state index contributed by atoms with van der Waals surface area (Å²) in [6, 6.07) is 0. The minimum Gasteiger partial charge on any atom is -0.479 e. The lowest BCUT2D eigenvalue weighted by Gasteiger charge is -2.72. The normalized spacial score (nSPS) is 55.6. The van der Waals surface area contributed by atoms with Gasteiger partial charge in [0.25, 0.3) is 0 Å². The number of aldehydes is 1. The van der Waals surface area contributed by atoms with Crippen molar-refractivity contribution in [2.24, 2.45) is 50.2 Å². The first-order valence-corrected chi connectivity index (χ1v) is 27.0. The SMILES string of the molecule is CC1(C)C[C@H]2C3=CC[C@@H]4[C@@]5(C)CC[C@H](O[C@@H]6O[C@H](C(=O)O)[C@@H](O)[C@H](O[C@@H]7OC[C@H](O)[C@H](O)[C@H]7O[C@@H]7OC[C@@H](O)[C@H](O)[C@H]7O)[C@H]6O[C@@H]6O[C@H](CO)[C@H](O)[C@H](O)[C@H]6O)[C@@](C)(C=O)C5CC[C@@]4(C)[C@]3(C)C[C@@H](O)[C@@]2(CO)[C@@H](O)[C@@H]1O. The van der Waals surface area contributed by atoms with Crippen molar-refractivity contribution >= 4 is 12.3 Å². The van der Waals surface area contributed by atoms with Gasteiger partial charge in [0, 0.05) is 0 Å². The molecular weight excluding hydrogens is 1020 g/mol. The molecule has 0 spiro atoms. The van der Waals surface area contributed by atoms with E-state index in [2.05, 4.69) is 26.8 Å². The molecule has 30 atom stereocenters. The van der Waals surface area contributed by atoms with Gasteiger partial charge in [-0.15, -0.1) is 0 Å². The third-order valence-corrected chi connectivity index (χ3v) is 21.0. The molecule has 4 heterocycles. The molecule has 0 radical (unpaired) electrons. The molecule has 15 N–H and O–H groups in total. The van der Waals surface area contributed by atoms with E-state index in [-0.39, 0.29) is 18.8 Å². The third kappa shape index (κ3) is 9.22. The highest BCUT2D eigenvalue weighted by Gasteiger charge is 2.73. The van der Waals surface area contributed by atoms with Gasteiger partial charge in [-0.05, 0) is 84.4 Å². The van der Waals surface area contributed by atoms with Crippen LogP contribution in [0.2, 0.25) is 0 Å². The molecule has 0 aromatic carbocycles. The van der Waals surface area contributed by atoms with Gasteiger partial charge < -0.3 is 119 Å². The van der Waals surface area contributed by atoms with Crippen molar-refractivity contribution in [2.75, 3.05) is 26.4 Å². The third-order valence-electron chi connectivity index (χ3n) is 21.0. The highest BCUT2D eigenvalue weighted by atomic mass is 16.8. The number of fused-ring (bicyclic) bond motifs is 7. The quantitative estimate of drug-likeness (QED) is 0.0502. The number of carbonyl (C=O) groups excluding carboxylic acids is 1. The Morgan fingerprint density at radius 3 is 1.91 bits per heavy atom. The molecular formula is C52H82O25. The number of carboxylic acid groups (broad SMARTS) is 1. The minimum absolute atomic E-state index is 0.103. The van der Waals surface area contributed by atoms with E-state index >= 15 is 0 Å². The zero-order chi connectivity index (χ0) is 56.4. The summed E-state index contributed by atoms with van der Waals surface area (Å²) in [6.07, 6.45) is -33.5. The zero-order valence-corrected chi connectivity index (χ0v) is 44.2. The van der Waals surface area contributed by atoms with Gasteiger partial charge in [-0.25, -0.2) is 4.79 Å². The van der Waals surface area contributed by atoms with Crippen molar-refractivity contribution in [3.05, 3.63) is 11.6 Å². The Hall–Kier alpha value is -2.00. The van der Waals surface area contributed by atoms with Crippen LogP contribution in [0, 0.1) is 50.2 Å². The molecule has 4 saturated carbocycles. The van der Waals surface area contributed by atoms with Gasteiger partial charge in [0.1, 0.15) is 85.6 Å². The zero-order valence-electron chi connectivity index (χ0n) is 44.2. The predicted molar refractivity (Wildman–Crippen MR) is 256 cm³/mol. The first-order valence-electron chi connectivity index (χ1n) is 27.0. The largest absolute Gasteiger partial charge is 0.479 e. The van der Waals surface area contributed by atoms with E-state index in [1.54, 1.807) is 6.92 Å². The summed E-state index contributed by atoms with van der Waals surface area (Å²) in [5.41, 5.74) is -4.26. The molecule has 4 aliphatic heterocycles. The fraction of sp³-hybridized carbons (Fsp3) is 0.923. The molecule has 5 aliphatic carbocycles. The molecule has 9 aliphatic rings. The summed E-state index contributed by atoms with van der Waals surface area (Å²) < 4.78 is 48.0. The fourth-order valence-electron chi connectivity index (χ4n) is 16.2. The standard InChI is InChI=1S/C52H82O25/c1-47(2)13-21-20-7-8-26-48(3)11-10-28(49(4,18-54)25(48)9-12-50(26,5)51(20,6)14-27(58)52(21,19-55)41(67)40(47)66)73-46-39(77-44-34(64)32(62)31(61)24(15-53)72-44)36(35(65)37(75-46)42(68)69)74-45-38(30(60)23(57)17-71-45)76-43-33(63)29(59)22(56)16-70-43/h7,18,21-41,43-46,53,55-67H,8-17,19H2,1-6H3,(H,68,69)/t21-,22+,23-,24+,25?,26+,27+,28-,29-,30-,31-,32-,33+,34+,35-,36-,37-,38+,39+,40-,41-,43-,44-,45-,46+,48-,49-,50+,51+,52-/m0/s1. The summed E-state index contributed by atoms with van der Waals surface area (Å²) in [5, 5.41) is 165. The first-order chi connectivity index (χ1) is 36.0. The minimum atomic E-state index is -2.26. The van der Waals surface area contributed by atoms with E-state index in [9.17, 15) is 86.2 Å². The number of aliphatic hydroxyl groups is 14. The van der Waals surface area contributed by atoms with Crippen molar-refractivity contribution in [1.82, 2.24) is 0 Å². The fourth-order valence-corrected chi connectivity index (χ4v) is 16.2. The maximum atomic E-state index is 14.0. The van der Waals surface area contributed by atoms with Crippen LogP contribution in [0.4, 0.5) is 0 Å². The van der Waals surface area contributed by atoms with Crippen LogP contribution in [-0.2, 0) is 47.5 Å². The van der Waals surface area contributed by atoms with Gasteiger partial charge in [-0.1, -0.05) is 53.2 Å². The lowest BCUT2D eigenvalue weighted by molar-refractivity contribution is -0.398. The number of aliphatic carboxylic acids is 1. The maximum absolute atomic E-state index is 14.0. The van der Waals surface area contributed by atoms with E-state index in [1.165, 1.54) is 0 Å². The molecule has 1 unspecified atom stereocenters. The summed E-state index contributed by atoms with van der Waals surface area (Å²) >= 11 is 0. The molecule has 0 aromatic rings. The van der Waals surface area contributed by atoms with E-state index < -0.39 is 212 Å². The van der Waals surface area contributed by atoms with Crippen LogP contribution in [0.15, 0.2) is 11.6 Å². The molecule has 440 valence electrons. The first kappa shape index (κ1) is 59.6. The summed E-state index contributed by atoms with van der Waals surface area (Å²) in [5.74, 6) is -2.72. The number of hydrogen-bond donors (Lipinski definition) is 15. The summed E-state index contributed by atoms with van der Waals surface area (Å²) in [7, 11) is 0. The molecule has 0 amide bonds. The Kier molecular flexibility index (Phi) is 16.5. The van der Waals surface area contributed by atoms with Gasteiger partial charge in [0.2, 0.25) is 0 Å². The monoisotopic (exact) mass is 1110 g/mol. The molecule has 9 rings (SSSR count). The highest BCUT2D eigenvalue weighted by Crippen LogP contribution is 2.76. The van der Waals surface area contributed by atoms with Crippen LogP contribution in [0.3, 0.4) is 0 Å². The Balaban J connectivity index is 1.05. The molecule has 25 heteroatoms. The Bertz CT molecular complexity index is 2170. The number of ether oxygens (including phenoxy) is 8. The van der Waals surface area contributed by atoms with E-state index in [1.807, 2.05) is 13.8 Å². The van der Waals surface area contributed by atoms with Crippen LogP contribution < -0.4 is 0 Å². The smallest absolute Gasteiger partial charge is 0.335 e. The number of allylic oxidation sites excluding steroid dienone is 2. The van der Waals surface area contributed by atoms with Crippen molar-refractivity contribution in [1.29, 1.82) is 0 Å². The molecule has 4 saturated heterocycles. The molecule has 25 nitrogen and oxygen atoms in total. The van der Waals surface area contributed by atoms with E-state index in [0.29, 0.717) is 32.1 Å². The second kappa shape index (κ2) is 21.3. The van der Waals surface area contributed by atoms with Crippen molar-refractivity contribution in [3.8, 4) is 0 Å². The number of hydrogen-bond acceptors (Lipinski definition) is 24. The Morgan fingerprint density at radius 2 is 1.27 bits per heavy atom. The molecule has 8 fully saturated rings. The maximum Gasteiger partial charge on any atom is 0.335 e. The van der Waals surface area contributed by atoms with Crippen molar-refractivity contribution < 1.29 is 124 Å². The number of aliphatic hydroxyl groups excluding tert-OH is 14. The second-order valence-corrected chi connectivity index (χ2v) is 25.3. The average Bonchev–Trinajstić information content (AvgIpc) is 3.55. The lowest BCUT2D eigenvalue weighted by atomic mass is 9.33. The van der Waals surface area contributed by atoms with Gasteiger partial charge in [-0.3, -0.25) is 0 Å². The molecule has 77 heavy (non-hydrogen) atoms. The predicted octanol–water partition coefficient (Wildman–Crippen LogP) is -4.10. The van der Waals surface area contributed by atoms with Crippen LogP contribution in [0.1, 0.15) is 86.5 Å². The van der Waals surface area contributed by atoms with Gasteiger partial charge in [0.05, 0.1) is 61.7 Å². The number of carbonyl (C=O) groups is 2. The second-order valence-electron chi connectivity index (χ2n) is 25.3. The van der Waals surface area contributed by atoms with Crippen LogP contribution in [0.5, 0.6) is 0 Å². The van der Waals surface area contributed by atoms with Gasteiger partial charge in [-0.2, -0.15) is 0 Å². The van der Waals surface area contributed by atoms with Crippen molar-refractivity contribution in [3.63, 3.8) is 0 Å². The number of rotatable bonds is 12. The van der Waals surface area contributed by atoms with Crippen LogP contribution >= 0.6 is 0 Å². The van der Waals surface area contributed by atoms with E-state index in [0.717, 1.165) is 11.9 Å². The Labute approximate surface area is 445 Å². The lowest BCUT2D eigenvalue weighted by Crippen LogP contribution is -2.72. The Morgan fingerprint density at radius 1 is 0.649 bits per heavy atom. The topological polar surface area (TPSA) is 411 Å². The molecule has 0 bridgehead atoms. The molecule has 0 aromatic heterocycles. The van der Waals surface area contributed by atoms with Crippen LogP contribution in [0.25, 0.3) is 0 Å². The average molecular weight is 1110 g/mol. The van der Waals surface area contributed by atoms with Gasteiger partial charge in [0.15, 0.2) is 31.3 Å². The highest BCUT2D eigenvalue weighted by molar-refractivity contribution is 5.73. The number of carboxylic acids is 1. The van der Waals surface area contributed by atoms with Crippen LogP contribution in [-0.4, -0.2) is 250 Å².